The molecule has 0 heterocycles. The minimum atomic E-state index is -4.58. The Balaban J connectivity index is 2.48. The molecule has 0 atom stereocenters. The van der Waals surface area contributed by atoms with Crippen LogP contribution in [0.15, 0.2) is 48.5 Å². The van der Waals surface area contributed by atoms with E-state index in [0.29, 0.717) is 0 Å². The van der Waals surface area contributed by atoms with Crippen molar-refractivity contribution in [3.8, 4) is 5.75 Å². The molecular formula is C14H9F3O2. The second kappa shape index (κ2) is 4.76. The summed E-state index contributed by atoms with van der Waals surface area (Å²) in [6.07, 6.45) is -4.58. The minimum Gasteiger partial charge on any atom is -0.508 e. The van der Waals surface area contributed by atoms with Crippen LogP contribution in [-0.4, -0.2) is 10.9 Å². The van der Waals surface area contributed by atoms with Crippen LogP contribution in [0.3, 0.4) is 0 Å². The van der Waals surface area contributed by atoms with Gasteiger partial charge in [-0.3, -0.25) is 4.79 Å². The van der Waals surface area contributed by atoms with Crippen LogP contribution >= 0.6 is 0 Å². The molecule has 2 nitrogen and oxygen atoms in total. The van der Waals surface area contributed by atoms with Crippen molar-refractivity contribution in [1.82, 2.24) is 0 Å². The van der Waals surface area contributed by atoms with Crippen LogP contribution in [-0.2, 0) is 6.18 Å². The van der Waals surface area contributed by atoms with Gasteiger partial charge in [0.2, 0.25) is 0 Å². The third-order valence-electron chi connectivity index (χ3n) is 2.61. The molecular weight excluding hydrogens is 257 g/mol. The number of phenols is 1. The van der Waals surface area contributed by atoms with Crippen molar-refractivity contribution in [3.63, 3.8) is 0 Å². The summed E-state index contributed by atoms with van der Waals surface area (Å²) in [4.78, 5) is 12.0. The van der Waals surface area contributed by atoms with Gasteiger partial charge in [0.25, 0.3) is 0 Å². The fraction of sp³-hybridized carbons (Fsp3) is 0.0714. The van der Waals surface area contributed by atoms with Crippen molar-refractivity contribution in [2.45, 2.75) is 6.18 Å². The van der Waals surface area contributed by atoms with Gasteiger partial charge < -0.3 is 5.11 Å². The number of benzene rings is 2. The van der Waals surface area contributed by atoms with Gasteiger partial charge in [-0.05, 0) is 30.3 Å². The molecule has 19 heavy (non-hydrogen) atoms. The van der Waals surface area contributed by atoms with Crippen molar-refractivity contribution in [3.05, 3.63) is 65.2 Å². The largest absolute Gasteiger partial charge is 0.508 e. The Morgan fingerprint density at radius 1 is 0.947 bits per heavy atom. The van der Waals surface area contributed by atoms with Gasteiger partial charge in [0.05, 0.1) is 5.56 Å². The first kappa shape index (κ1) is 13.1. The molecule has 1 N–H and O–H groups in total. The maximum atomic E-state index is 12.8. The Kier molecular flexibility index (Phi) is 3.29. The highest BCUT2D eigenvalue weighted by Gasteiger charge is 2.34. The summed E-state index contributed by atoms with van der Waals surface area (Å²) in [5.41, 5.74) is -1.27. The molecule has 5 heteroatoms. The van der Waals surface area contributed by atoms with E-state index >= 15 is 0 Å². The average Bonchev–Trinajstić information content (AvgIpc) is 2.38. The number of hydrogen-bond acceptors (Lipinski definition) is 2. The second-order valence-corrected chi connectivity index (χ2v) is 3.92. The van der Waals surface area contributed by atoms with Crippen molar-refractivity contribution in [1.29, 1.82) is 0 Å². The highest BCUT2D eigenvalue weighted by atomic mass is 19.4. The maximum absolute atomic E-state index is 12.8. The molecule has 0 unspecified atom stereocenters. The number of rotatable bonds is 2. The molecule has 2 aromatic rings. The minimum absolute atomic E-state index is 0.0549. The lowest BCUT2D eigenvalue weighted by Crippen LogP contribution is -2.13. The van der Waals surface area contributed by atoms with Gasteiger partial charge in [-0.15, -0.1) is 0 Å². The van der Waals surface area contributed by atoms with Crippen molar-refractivity contribution in [2.75, 3.05) is 0 Å². The number of ketones is 1. The number of alkyl halides is 3. The standard InChI is InChI=1S/C14H9F3O2/c15-14(16,17)12-4-2-1-3-11(12)13(19)9-5-7-10(18)8-6-9/h1-8,18H. The molecule has 98 valence electrons. The number of carbonyl (C=O) groups is 1. The molecule has 0 amide bonds. The zero-order chi connectivity index (χ0) is 14.0. The zero-order valence-corrected chi connectivity index (χ0v) is 9.61. The first-order chi connectivity index (χ1) is 8.89. The number of halogens is 3. The van der Waals surface area contributed by atoms with E-state index in [1.807, 2.05) is 0 Å². The monoisotopic (exact) mass is 266 g/mol. The Hall–Kier alpha value is -2.30. The van der Waals surface area contributed by atoms with E-state index in [4.69, 9.17) is 5.11 Å². The fourth-order valence-electron chi connectivity index (χ4n) is 1.70. The molecule has 0 aliphatic heterocycles. The van der Waals surface area contributed by atoms with Crippen LogP contribution < -0.4 is 0 Å². The van der Waals surface area contributed by atoms with Gasteiger partial charge in [0.1, 0.15) is 5.75 Å². The number of hydrogen-bond donors (Lipinski definition) is 1. The summed E-state index contributed by atoms with van der Waals surface area (Å²) in [6.45, 7) is 0. The van der Waals surface area contributed by atoms with Crippen LogP contribution in [0.1, 0.15) is 21.5 Å². The first-order valence-electron chi connectivity index (χ1n) is 5.39. The Morgan fingerprint density at radius 2 is 1.53 bits per heavy atom. The summed E-state index contributed by atoms with van der Waals surface area (Å²) >= 11 is 0. The molecule has 0 saturated carbocycles. The molecule has 2 aromatic carbocycles. The van der Waals surface area contributed by atoms with Crippen molar-refractivity contribution in [2.24, 2.45) is 0 Å². The van der Waals surface area contributed by atoms with Gasteiger partial charge in [-0.2, -0.15) is 13.2 Å². The molecule has 0 fully saturated rings. The van der Waals surface area contributed by atoms with E-state index in [1.165, 1.54) is 36.4 Å². The normalized spacial score (nSPS) is 11.3. The molecule has 0 spiro atoms. The summed E-state index contributed by atoms with van der Waals surface area (Å²) in [5.74, 6) is -0.784. The average molecular weight is 266 g/mol. The third kappa shape index (κ3) is 2.76. The van der Waals surface area contributed by atoms with Crippen LogP contribution in [0.5, 0.6) is 5.75 Å². The van der Waals surface area contributed by atoms with Gasteiger partial charge in [0.15, 0.2) is 5.78 Å². The Bertz CT molecular complexity index is 601. The predicted molar refractivity (Wildman–Crippen MR) is 63.0 cm³/mol. The zero-order valence-electron chi connectivity index (χ0n) is 9.61. The fourth-order valence-corrected chi connectivity index (χ4v) is 1.70. The van der Waals surface area contributed by atoms with Crippen LogP contribution in [0.4, 0.5) is 13.2 Å². The lowest BCUT2D eigenvalue weighted by atomic mass is 9.98. The number of phenolic OH excluding ortho intramolecular Hbond substituents is 1. The summed E-state index contributed by atoms with van der Waals surface area (Å²) in [5, 5.41) is 9.10. The molecule has 2 rings (SSSR count). The van der Waals surface area contributed by atoms with E-state index < -0.39 is 23.1 Å². The highest BCUT2D eigenvalue weighted by molar-refractivity contribution is 6.10. The number of aromatic hydroxyl groups is 1. The first-order valence-corrected chi connectivity index (χ1v) is 5.39. The smallest absolute Gasteiger partial charge is 0.417 e. The van der Waals surface area contributed by atoms with E-state index in [2.05, 4.69) is 0 Å². The Labute approximate surface area is 107 Å². The quantitative estimate of drug-likeness (QED) is 0.842. The van der Waals surface area contributed by atoms with E-state index in [0.717, 1.165) is 12.1 Å². The molecule has 0 radical (unpaired) electrons. The lowest BCUT2D eigenvalue weighted by Gasteiger charge is -2.11. The highest BCUT2D eigenvalue weighted by Crippen LogP contribution is 2.32. The molecule has 0 aromatic heterocycles. The summed E-state index contributed by atoms with van der Waals surface area (Å²) < 4.78 is 38.4. The van der Waals surface area contributed by atoms with Crippen LogP contribution in [0.2, 0.25) is 0 Å². The van der Waals surface area contributed by atoms with Gasteiger partial charge in [-0.1, -0.05) is 18.2 Å². The Morgan fingerprint density at radius 3 is 2.11 bits per heavy atom. The third-order valence-corrected chi connectivity index (χ3v) is 2.61. The molecule has 0 saturated heterocycles. The summed E-state index contributed by atoms with van der Waals surface area (Å²) in [7, 11) is 0. The molecule has 0 aliphatic rings. The van der Waals surface area contributed by atoms with E-state index in [9.17, 15) is 18.0 Å². The molecule has 0 bridgehead atoms. The maximum Gasteiger partial charge on any atom is 0.417 e. The van der Waals surface area contributed by atoms with Crippen LogP contribution in [0.25, 0.3) is 0 Å². The van der Waals surface area contributed by atoms with E-state index in [1.54, 1.807) is 0 Å². The van der Waals surface area contributed by atoms with Crippen molar-refractivity contribution < 1.29 is 23.1 Å². The summed E-state index contributed by atoms with van der Waals surface area (Å²) in [6, 6.07) is 9.69. The SMILES string of the molecule is O=C(c1ccc(O)cc1)c1ccccc1C(F)(F)F. The second-order valence-electron chi connectivity index (χ2n) is 3.92. The lowest BCUT2D eigenvalue weighted by molar-refractivity contribution is -0.137. The predicted octanol–water partition coefficient (Wildman–Crippen LogP) is 3.64. The van der Waals surface area contributed by atoms with Crippen molar-refractivity contribution >= 4 is 5.78 Å². The topological polar surface area (TPSA) is 37.3 Å². The van der Waals surface area contributed by atoms with Gasteiger partial charge in [-0.25, -0.2) is 0 Å². The van der Waals surface area contributed by atoms with Gasteiger partial charge >= 0.3 is 6.18 Å². The van der Waals surface area contributed by atoms with Crippen LogP contribution in [0, 0.1) is 0 Å². The molecule has 0 aliphatic carbocycles. The van der Waals surface area contributed by atoms with Gasteiger partial charge in [0, 0.05) is 11.1 Å². The number of carbonyl (C=O) groups excluding carboxylic acids is 1. The van der Waals surface area contributed by atoms with E-state index in [-0.39, 0.29) is 11.3 Å².